The number of aromatic nitrogens is 1. The van der Waals surface area contributed by atoms with Crippen molar-refractivity contribution in [2.75, 3.05) is 0 Å². The lowest BCUT2D eigenvalue weighted by Gasteiger charge is -2.24. The van der Waals surface area contributed by atoms with Crippen LogP contribution in [0.2, 0.25) is 0 Å². The molecule has 3 N–H and O–H groups in total. The molecule has 9 aromatic rings. The smallest absolute Gasteiger partial charge is 0.251 e. The Morgan fingerprint density at radius 1 is 0.356 bits per heavy atom. The first-order valence-electron chi connectivity index (χ1n) is 33.7. The van der Waals surface area contributed by atoms with E-state index >= 15 is 0 Å². The predicted molar refractivity (Wildman–Crippen MR) is 381 cm³/mol. The number of nitrogens with one attached hydrogen (secondary N) is 3. The third kappa shape index (κ3) is 15.4. The molecule has 12 rings (SSSR count). The van der Waals surface area contributed by atoms with Gasteiger partial charge in [0.05, 0.1) is 5.69 Å². The first kappa shape index (κ1) is 65.3. The Labute approximate surface area is 541 Å². The molecular formula is C85H100N4O. The Morgan fingerprint density at radius 2 is 0.744 bits per heavy atom. The van der Waals surface area contributed by atoms with E-state index in [4.69, 9.17) is 4.98 Å². The quantitative estimate of drug-likeness (QED) is 0.102. The third-order valence-electron chi connectivity index (χ3n) is 20.8. The molecule has 3 saturated carbocycles. The molecule has 0 radical (unpaired) electrons. The van der Waals surface area contributed by atoms with Gasteiger partial charge in [0, 0.05) is 54.5 Å². The fourth-order valence-electron chi connectivity index (χ4n) is 15.1. The molecular weight excluding hydrogens is 1090 g/mol. The zero-order valence-corrected chi connectivity index (χ0v) is 56.7. The number of amides is 1. The summed E-state index contributed by atoms with van der Waals surface area (Å²) in [6.07, 6.45) is 13.1. The van der Waals surface area contributed by atoms with Crippen molar-refractivity contribution in [1.82, 2.24) is 20.9 Å². The number of nitrogens with zero attached hydrogens (tertiary/aromatic N) is 1. The Hall–Kier alpha value is -7.70. The minimum absolute atomic E-state index is 0.0484. The fourth-order valence-corrected chi connectivity index (χ4v) is 15.1. The van der Waals surface area contributed by atoms with E-state index < -0.39 is 0 Å². The number of carbonyl (C=O) groups excluding carboxylic acids is 1. The predicted octanol–water partition coefficient (Wildman–Crippen LogP) is 20.7. The van der Waals surface area contributed by atoms with Crippen molar-refractivity contribution in [1.29, 1.82) is 0 Å². The van der Waals surface area contributed by atoms with Crippen LogP contribution < -0.4 is 16.0 Å². The van der Waals surface area contributed by atoms with E-state index in [9.17, 15) is 4.79 Å². The molecule has 1 heterocycles. The SMILES string of the molecule is Cc1cc(C)c(C2CCCC2NC(=O)c2ccc(-c3ccccc3C)cc2C)cc1C.Cc1cc(C)c(C2CCCC2NCc2ccc(-c3ccccc3C)cc2C)cc1C.Cc1cc(C)c(C2CCCC2NCc2ccc(-c3ccccc3C)cn2)cc1C. The minimum atomic E-state index is 0.0484. The number of hydrogen-bond donors (Lipinski definition) is 3. The van der Waals surface area contributed by atoms with Crippen molar-refractivity contribution in [3.05, 3.63) is 275 Å². The number of aryl methyl sites for hydroxylation is 14. The summed E-state index contributed by atoms with van der Waals surface area (Å²) in [6, 6.07) is 58.5. The molecule has 0 bridgehead atoms. The fraction of sp³-hybridized carbons (Fsp3) is 0.365. The second-order valence-corrected chi connectivity index (χ2v) is 27.2. The summed E-state index contributed by atoms with van der Waals surface area (Å²) in [4.78, 5) is 17.9. The Morgan fingerprint density at radius 3 is 1.18 bits per heavy atom. The highest BCUT2D eigenvalue weighted by atomic mass is 16.1. The maximum Gasteiger partial charge on any atom is 0.251 e. The molecule has 90 heavy (non-hydrogen) atoms. The number of benzene rings is 8. The van der Waals surface area contributed by atoms with Crippen molar-refractivity contribution < 1.29 is 4.79 Å². The lowest BCUT2D eigenvalue weighted by molar-refractivity contribution is 0.0933. The molecule has 1 amide bonds. The van der Waals surface area contributed by atoms with Crippen molar-refractivity contribution >= 4 is 5.91 Å². The van der Waals surface area contributed by atoms with E-state index in [2.05, 4.69) is 258 Å². The van der Waals surface area contributed by atoms with Gasteiger partial charge in [-0.15, -0.1) is 0 Å². The molecule has 8 aromatic carbocycles. The summed E-state index contributed by atoms with van der Waals surface area (Å²) in [7, 11) is 0. The maximum atomic E-state index is 13.2. The molecule has 5 nitrogen and oxygen atoms in total. The van der Waals surface area contributed by atoms with Gasteiger partial charge >= 0.3 is 0 Å². The number of rotatable bonds is 14. The summed E-state index contributed by atoms with van der Waals surface area (Å²) >= 11 is 0. The molecule has 6 atom stereocenters. The average Bonchev–Trinajstić information content (AvgIpc) is 1.64. The molecule has 0 spiro atoms. The highest BCUT2D eigenvalue weighted by Crippen LogP contribution is 2.41. The second kappa shape index (κ2) is 29.5. The van der Waals surface area contributed by atoms with Crippen LogP contribution in [0.5, 0.6) is 0 Å². The van der Waals surface area contributed by atoms with Gasteiger partial charge in [0.1, 0.15) is 0 Å². The van der Waals surface area contributed by atoms with Gasteiger partial charge in [-0.2, -0.15) is 0 Å². The zero-order valence-electron chi connectivity index (χ0n) is 56.7. The third-order valence-corrected chi connectivity index (χ3v) is 20.8. The normalized spacial score (nSPS) is 18.6. The van der Waals surface area contributed by atoms with Crippen LogP contribution in [-0.2, 0) is 13.1 Å². The van der Waals surface area contributed by atoms with Gasteiger partial charge in [-0.25, -0.2) is 0 Å². The van der Waals surface area contributed by atoms with Crippen molar-refractivity contribution in [3.8, 4) is 33.4 Å². The monoisotopic (exact) mass is 1190 g/mol. The van der Waals surface area contributed by atoms with Crippen LogP contribution in [0.1, 0.15) is 192 Å². The first-order chi connectivity index (χ1) is 43.3. The van der Waals surface area contributed by atoms with Crippen LogP contribution >= 0.6 is 0 Å². The van der Waals surface area contributed by atoms with Crippen molar-refractivity contribution in [2.45, 2.75) is 204 Å². The van der Waals surface area contributed by atoms with Crippen molar-refractivity contribution in [3.63, 3.8) is 0 Å². The van der Waals surface area contributed by atoms with Gasteiger partial charge in [-0.1, -0.05) is 165 Å². The average molecular weight is 1190 g/mol. The summed E-state index contributed by atoms with van der Waals surface area (Å²) in [5.74, 6) is 1.69. The summed E-state index contributed by atoms with van der Waals surface area (Å²) in [5, 5.41) is 11.1. The van der Waals surface area contributed by atoms with Crippen LogP contribution in [0.4, 0.5) is 0 Å². The van der Waals surface area contributed by atoms with E-state index in [1.807, 2.05) is 19.2 Å². The number of hydrogen-bond acceptors (Lipinski definition) is 4. The van der Waals surface area contributed by atoms with E-state index in [1.165, 1.54) is 155 Å². The first-order valence-corrected chi connectivity index (χ1v) is 33.7. The number of carbonyl (C=O) groups is 1. The molecule has 3 aliphatic rings. The van der Waals surface area contributed by atoms with Crippen molar-refractivity contribution in [2.24, 2.45) is 0 Å². The van der Waals surface area contributed by atoms with Gasteiger partial charge in [0.25, 0.3) is 5.91 Å². The van der Waals surface area contributed by atoms with E-state index in [-0.39, 0.29) is 11.9 Å². The van der Waals surface area contributed by atoms with Crippen LogP contribution in [0, 0.1) is 96.9 Å². The van der Waals surface area contributed by atoms with Crippen LogP contribution in [0.15, 0.2) is 164 Å². The van der Waals surface area contributed by atoms with Gasteiger partial charge in [-0.05, 0) is 287 Å². The van der Waals surface area contributed by atoms with E-state index in [1.54, 1.807) is 5.56 Å². The molecule has 5 heteroatoms. The lowest BCUT2D eigenvalue weighted by Crippen LogP contribution is -2.37. The maximum absolute atomic E-state index is 13.2. The Bertz CT molecular complexity index is 3980. The van der Waals surface area contributed by atoms with Gasteiger partial charge in [-0.3, -0.25) is 9.78 Å². The molecule has 6 unspecified atom stereocenters. The Kier molecular flexibility index (Phi) is 21.4. The zero-order chi connectivity index (χ0) is 63.8. The molecule has 466 valence electrons. The minimum Gasteiger partial charge on any atom is -0.349 e. The molecule has 3 aliphatic carbocycles. The largest absolute Gasteiger partial charge is 0.349 e. The molecule has 0 saturated heterocycles. The Balaban J connectivity index is 0.000000149. The van der Waals surface area contributed by atoms with Crippen LogP contribution in [-0.4, -0.2) is 29.0 Å². The topological polar surface area (TPSA) is 66.1 Å². The molecule has 3 fully saturated rings. The van der Waals surface area contributed by atoms with Gasteiger partial charge < -0.3 is 16.0 Å². The van der Waals surface area contributed by atoms with E-state index in [0.717, 1.165) is 54.7 Å². The number of pyridine rings is 1. The summed E-state index contributed by atoms with van der Waals surface area (Å²) in [5.41, 5.74) is 34.1. The summed E-state index contributed by atoms with van der Waals surface area (Å²) in [6.45, 7) is 32.5. The standard InChI is InChI=1S/C29H33NO.C29H35N.C27H32N2/c1-18-9-6-7-10-24(18)23-13-14-25(22(5)16-23)29(31)30-28-12-8-11-26(28)27-17-20(3)19(2)15-21(27)4;1-19-9-6-7-10-26(19)24-13-14-25(22(4)16-24)18-30-29-12-8-11-27(29)28-17-21(3)20(2)15-23(28)5;1-18-8-5-6-9-24(18)22-12-13-23(28-16-22)17-29-27-11-7-10-25(27)26-15-20(3)19(2)14-21(26)4/h6-7,9-10,13-17,26,28H,8,11-12H2,1-5H3,(H,30,31);6-7,9-10,13-17,27,29-30H,8,11-12,18H2,1-5H3;5-6,8-9,12-16,25,27,29H,7,10-11,17H2,1-4H3. The second-order valence-electron chi connectivity index (χ2n) is 27.2. The highest BCUT2D eigenvalue weighted by molar-refractivity contribution is 5.96. The van der Waals surface area contributed by atoms with Crippen LogP contribution in [0.25, 0.3) is 33.4 Å². The van der Waals surface area contributed by atoms with Crippen LogP contribution in [0.3, 0.4) is 0 Å². The van der Waals surface area contributed by atoms with Gasteiger partial charge in [0.15, 0.2) is 0 Å². The molecule has 0 aliphatic heterocycles. The molecule has 1 aromatic heterocycles. The summed E-state index contributed by atoms with van der Waals surface area (Å²) < 4.78 is 0. The van der Waals surface area contributed by atoms with Gasteiger partial charge in [0.2, 0.25) is 0 Å². The van der Waals surface area contributed by atoms with E-state index in [0.29, 0.717) is 29.8 Å². The highest BCUT2D eigenvalue weighted by Gasteiger charge is 2.33. The lowest BCUT2D eigenvalue weighted by atomic mass is 9.87.